The van der Waals surface area contributed by atoms with E-state index in [4.69, 9.17) is 7.85 Å². The summed E-state index contributed by atoms with van der Waals surface area (Å²) < 4.78 is 0. The second-order valence-electron chi connectivity index (χ2n) is 7.61. The molecule has 0 bridgehead atoms. The lowest BCUT2D eigenvalue weighted by atomic mass is 9.42. The molecule has 19 heavy (non-hydrogen) atoms. The van der Waals surface area contributed by atoms with Crippen molar-refractivity contribution >= 4 is 7.85 Å². The Morgan fingerprint density at radius 3 is 2.84 bits per heavy atom. The van der Waals surface area contributed by atoms with Gasteiger partial charge in [-0.3, -0.25) is 0 Å². The van der Waals surface area contributed by atoms with Crippen molar-refractivity contribution in [1.29, 1.82) is 0 Å². The van der Waals surface area contributed by atoms with Crippen molar-refractivity contribution in [2.45, 2.75) is 63.1 Å². The van der Waals surface area contributed by atoms with Gasteiger partial charge in [0, 0.05) is 0 Å². The Morgan fingerprint density at radius 2 is 1.95 bits per heavy atom. The Balaban J connectivity index is 1.68. The third-order valence-electron chi connectivity index (χ3n) is 6.88. The highest BCUT2D eigenvalue weighted by Gasteiger charge is 2.51. The van der Waals surface area contributed by atoms with E-state index < -0.39 is 0 Å². The van der Waals surface area contributed by atoms with Gasteiger partial charge in [-0.15, -0.1) is 0 Å². The minimum atomic E-state index is 0.0394. The molecule has 4 aliphatic rings. The zero-order valence-corrected chi connectivity index (χ0v) is 12.0. The largest absolute Gasteiger partial charge is 0.0958 e. The van der Waals surface area contributed by atoms with E-state index in [1.165, 1.54) is 50.5 Å². The molecule has 5 atom stereocenters. The van der Waals surface area contributed by atoms with Crippen molar-refractivity contribution in [2.24, 2.45) is 23.7 Å². The van der Waals surface area contributed by atoms with Crippen LogP contribution < -0.4 is 0 Å². The molecule has 0 N–H and O–H groups in total. The minimum Gasteiger partial charge on any atom is -0.0958 e. The standard InChI is InChI=1S/C18H25B/c1-12-9-10-18(19)14(11-12)6-7-16-15-4-2-3-13(15)5-8-17(16)18/h11,13,15-17H,1-10H2. The van der Waals surface area contributed by atoms with Crippen molar-refractivity contribution in [2.75, 3.05) is 0 Å². The van der Waals surface area contributed by atoms with Crippen LogP contribution in [0, 0.1) is 23.7 Å². The number of rotatable bonds is 0. The summed E-state index contributed by atoms with van der Waals surface area (Å²) in [6.07, 6.45) is 14.6. The lowest BCUT2D eigenvalue weighted by molar-refractivity contribution is 0.0578. The molecule has 0 saturated heterocycles. The van der Waals surface area contributed by atoms with Crippen molar-refractivity contribution in [1.82, 2.24) is 0 Å². The Hall–Kier alpha value is -0.455. The highest BCUT2D eigenvalue weighted by molar-refractivity contribution is 6.18. The highest BCUT2D eigenvalue weighted by Crippen LogP contribution is 2.64. The van der Waals surface area contributed by atoms with Crippen LogP contribution in [0.3, 0.4) is 0 Å². The molecule has 0 aliphatic heterocycles. The fraction of sp³-hybridized carbons (Fsp3) is 0.778. The third-order valence-corrected chi connectivity index (χ3v) is 6.88. The first-order chi connectivity index (χ1) is 9.18. The molecule has 2 radical (unpaired) electrons. The molecule has 0 amide bonds. The van der Waals surface area contributed by atoms with Crippen LogP contribution in [0.5, 0.6) is 0 Å². The maximum atomic E-state index is 6.95. The zero-order chi connectivity index (χ0) is 13.0. The van der Waals surface area contributed by atoms with Gasteiger partial charge in [-0.2, -0.15) is 0 Å². The second-order valence-corrected chi connectivity index (χ2v) is 7.61. The van der Waals surface area contributed by atoms with Gasteiger partial charge in [0.2, 0.25) is 0 Å². The van der Waals surface area contributed by atoms with Crippen LogP contribution in [0.2, 0.25) is 5.31 Å². The molecular weight excluding hydrogens is 227 g/mol. The summed E-state index contributed by atoms with van der Waals surface area (Å²) in [4.78, 5) is 0. The predicted molar refractivity (Wildman–Crippen MR) is 81.2 cm³/mol. The van der Waals surface area contributed by atoms with Crippen LogP contribution >= 0.6 is 0 Å². The number of fused-ring (bicyclic) bond motifs is 5. The van der Waals surface area contributed by atoms with Crippen LogP contribution in [-0.4, -0.2) is 7.85 Å². The maximum absolute atomic E-state index is 6.95. The Morgan fingerprint density at radius 1 is 1.05 bits per heavy atom. The molecular formula is C18H25B. The number of hydrogen-bond donors (Lipinski definition) is 0. The summed E-state index contributed by atoms with van der Waals surface area (Å²) >= 11 is 0. The summed E-state index contributed by atoms with van der Waals surface area (Å²) in [5.74, 6) is 3.79. The number of hydrogen-bond acceptors (Lipinski definition) is 0. The smallest absolute Gasteiger partial charge is 0.0810 e. The monoisotopic (exact) mass is 252 g/mol. The van der Waals surface area contributed by atoms with Gasteiger partial charge >= 0.3 is 0 Å². The van der Waals surface area contributed by atoms with Crippen molar-refractivity contribution in [3.8, 4) is 0 Å². The summed E-state index contributed by atoms with van der Waals surface area (Å²) in [6.45, 7) is 4.16. The average molecular weight is 252 g/mol. The Bertz CT molecular complexity index is 435. The molecule has 4 aliphatic carbocycles. The molecule has 3 fully saturated rings. The second kappa shape index (κ2) is 4.27. The van der Waals surface area contributed by atoms with E-state index in [0.29, 0.717) is 0 Å². The van der Waals surface area contributed by atoms with E-state index in [9.17, 15) is 0 Å². The summed E-state index contributed by atoms with van der Waals surface area (Å²) in [5, 5.41) is 0.0394. The van der Waals surface area contributed by atoms with Gasteiger partial charge in [-0.05, 0) is 73.9 Å². The average Bonchev–Trinajstić information content (AvgIpc) is 2.88. The van der Waals surface area contributed by atoms with E-state index in [1.54, 1.807) is 5.57 Å². The third kappa shape index (κ3) is 1.73. The van der Waals surface area contributed by atoms with E-state index in [1.807, 2.05) is 0 Å². The summed E-state index contributed by atoms with van der Waals surface area (Å²) in [5.41, 5.74) is 2.85. The van der Waals surface area contributed by atoms with E-state index in [-0.39, 0.29) is 5.31 Å². The van der Waals surface area contributed by atoms with Gasteiger partial charge in [-0.25, -0.2) is 0 Å². The van der Waals surface area contributed by atoms with Crippen LogP contribution in [0.1, 0.15) is 57.8 Å². The van der Waals surface area contributed by atoms with Crippen LogP contribution in [0.15, 0.2) is 23.8 Å². The molecule has 3 saturated carbocycles. The van der Waals surface area contributed by atoms with Gasteiger partial charge in [0.05, 0.1) is 7.85 Å². The minimum absolute atomic E-state index is 0.0394. The Kier molecular flexibility index (Phi) is 2.76. The normalized spacial score (nSPS) is 49.1. The molecule has 0 spiro atoms. The molecule has 0 aromatic carbocycles. The topological polar surface area (TPSA) is 0 Å². The summed E-state index contributed by atoms with van der Waals surface area (Å²) in [7, 11) is 6.95. The Labute approximate surface area is 119 Å². The van der Waals surface area contributed by atoms with Crippen molar-refractivity contribution in [3.63, 3.8) is 0 Å². The highest BCUT2D eigenvalue weighted by atomic mass is 14.5. The first-order valence-corrected chi connectivity index (χ1v) is 8.36. The lowest BCUT2D eigenvalue weighted by Crippen LogP contribution is -2.44. The zero-order valence-electron chi connectivity index (χ0n) is 12.0. The molecule has 100 valence electrons. The van der Waals surface area contributed by atoms with Crippen LogP contribution in [0.4, 0.5) is 0 Å². The van der Waals surface area contributed by atoms with Gasteiger partial charge in [0.1, 0.15) is 0 Å². The SMILES string of the molecule is [B]C12CCC(=C)C=C1CCC1C3CCCC3CCC12. The molecule has 1 heteroatoms. The molecule has 0 nitrogen and oxygen atoms in total. The van der Waals surface area contributed by atoms with Gasteiger partial charge in [0.15, 0.2) is 0 Å². The fourth-order valence-electron chi connectivity index (χ4n) is 5.98. The van der Waals surface area contributed by atoms with E-state index in [0.717, 1.165) is 36.5 Å². The predicted octanol–water partition coefficient (Wildman–Crippen LogP) is 4.83. The molecule has 0 heterocycles. The summed E-state index contributed by atoms with van der Waals surface area (Å²) in [6, 6.07) is 0. The lowest BCUT2D eigenvalue weighted by Gasteiger charge is -2.55. The van der Waals surface area contributed by atoms with Crippen LogP contribution in [0.25, 0.3) is 0 Å². The molecule has 5 unspecified atom stereocenters. The number of allylic oxidation sites excluding steroid dienone is 3. The fourth-order valence-corrected chi connectivity index (χ4v) is 5.98. The van der Waals surface area contributed by atoms with Crippen molar-refractivity contribution < 1.29 is 0 Å². The molecule has 0 aromatic rings. The van der Waals surface area contributed by atoms with Crippen LogP contribution in [-0.2, 0) is 0 Å². The first kappa shape index (κ1) is 12.3. The first-order valence-electron chi connectivity index (χ1n) is 8.36. The maximum Gasteiger partial charge on any atom is 0.0810 e. The van der Waals surface area contributed by atoms with E-state index in [2.05, 4.69) is 12.7 Å². The molecule has 0 aromatic heterocycles. The van der Waals surface area contributed by atoms with E-state index >= 15 is 0 Å². The van der Waals surface area contributed by atoms with Crippen molar-refractivity contribution in [3.05, 3.63) is 23.8 Å². The molecule has 4 rings (SSSR count). The van der Waals surface area contributed by atoms with Gasteiger partial charge in [-0.1, -0.05) is 36.6 Å². The van der Waals surface area contributed by atoms with Gasteiger partial charge in [0.25, 0.3) is 0 Å². The quantitative estimate of drug-likeness (QED) is 0.542. The van der Waals surface area contributed by atoms with Gasteiger partial charge < -0.3 is 0 Å².